The van der Waals surface area contributed by atoms with Gasteiger partial charge in [0.25, 0.3) is 11.8 Å². The average Bonchev–Trinajstić information content (AvgIpc) is 3.23. The van der Waals surface area contributed by atoms with Crippen LogP contribution in [0.4, 0.5) is 0 Å². The number of imidazole rings is 1. The van der Waals surface area contributed by atoms with Gasteiger partial charge < -0.3 is 15.6 Å². The average molecular weight is 353 g/mol. The molecule has 0 bridgehead atoms. The van der Waals surface area contributed by atoms with Crippen LogP contribution in [0.15, 0.2) is 24.3 Å². The van der Waals surface area contributed by atoms with Crippen LogP contribution in [0.25, 0.3) is 11.0 Å². The van der Waals surface area contributed by atoms with Crippen molar-refractivity contribution < 1.29 is 9.59 Å². The number of aromatic nitrogens is 5. The molecule has 0 saturated heterocycles. The number of H-pyrrole nitrogens is 1. The summed E-state index contributed by atoms with van der Waals surface area (Å²) in [4.78, 5) is 32.4. The van der Waals surface area contributed by atoms with Crippen molar-refractivity contribution in [3.8, 4) is 0 Å². The number of hydrogen-bond acceptors (Lipinski definition) is 5. The minimum absolute atomic E-state index is 0.0249. The van der Waals surface area contributed by atoms with Gasteiger partial charge in [-0.3, -0.25) is 9.59 Å². The molecule has 0 aliphatic carbocycles. The van der Waals surface area contributed by atoms with Crippen molar-refractivity contribution in [2.75, 3.05) is 0 Å². The number of para-hydroxylation sites is 2. The summed E-state index contributed by atoms with van der Waals surface area (Å²) in [5.74, 6) is 0.116. The number of benzene rings is 1. The zero-order valence-corrected chi connectivity index (χ0v) is 14.5. The molecule has 1 aliphatic heterocycles. The monoisotopic (exact) mass is 353 g/mol. The number of carbonyl (C=O) groups excluding carboxylic acids is 2. The lowest BCUT2D eigenvalue weighted by Crippen LogP contribution is -2.48. The minimum Gasteiger partial charge on any atom is -0.346 e. The Bertz CT molecular complexity index is 955. The van der Waals surface area contributed by atoms with Gasteiger partial charge in [0.15, 0.2) is 11.4 Å². The van der Waals surface area contributed by atoms with E-state index in [0.29, 0.717) is 12.4 Å². The van der Waals surface area contributed by atoms with E-state index in [1.54, 1.807) is 0 Å². The lowest BCUT2D eigenvalue weighted by Gasteiger charge is -2.27. The van der Waals surface area contributed by atoms with Crippen LogP contribution in [-0.2, 0) is 13.1 Å². The number of fused-ring (bicyclic) bond motifs is 2. The summed E-state index contributed by atoms with van der Waals surface area (Å²) in [6.07, 6.45) is 0. The number of aromatic amines is 1. The van der Waals surface area contributed by atoms with Crippen LogP contribution in [0.2, 0.25) is 0 Å². The van der Waals surface area contributed by atoms with Crippen LogP contribution in [0.1, 0.15) is 40.6 Å². The number of carbonyl (C=O) groups is 2. The summed E-state index contributed by atoms with van der Waals surface area (Å²) in [5.41, 5.74) is 1.96. The lowest BCUT2D eigenvalue weighted by molar-refractivity contribution is 0.0861. The molecule has 4 rings (SSSR count). The zero-order valence-electron chi connectivity index (χ0n) is 14.5. The molecule has 0 unspecified atom stereocenters. The third-order valence-corrected chi connectivity index (χ3v) is 4.51. The normalized spacial score (nSPS) is 16.6. The van der Waals surface area contributed by atoms with Gasteiger partial charge in [0, 0.05) is 0 Å². The Labute approximate surface area is 149 Å². The molecule has 3 aromatic rings. The molecule has 0 fully saturated rings. The molecule has 1 aliphatic rings. The van der Waals surface area contributed by atoms with Crippen LogP contribution in [0.3, 0.4) is 0 Å². The van der Waals surface area contributed by atoms with Crippen LogP contribution in [-0.4, -0.2) is 42.8 Å². The summed E-state index contributed by atoms with van der Waals surface area (Å²) in [6.45, 7) is 4.75. The van der Waals surface area contributed by atoms with Gasteiger partial charge in [-0.2, -0.15) is 0 Å². The molecule has 9 heteroatoms. The van der Waals surface area contributed by atoms with E-state index in [9.17, 15) is 9.59 Å². The van der Waals surface area contributed by atoms with Crippen LogP contribution in [0, 0.1) is 5.92 Å². The second-order valence-corrected chi connectivity index (χ2v) is 6.68. The number of hydrogen-bond donors (Lipinski definition) is 3. The molecule has 0 radical (unpaired) electrons. The molecule has 9 nitrogen and oxygen atoms in total. The molecule has 3 heterocycles. The van der Waals surface area contributed by atoms with Gasteiger partial charge in [-0.25, -0.2) is 9.67 Å². The summed E-state index contributed by atoms with van der Waals surface area (Å²) >= 11 is 0. The maximum Gasteiger partial charge on any atom is 0.274 e. The summed E-state index contributed by atoms with van der Waals surface area (Å²) in [5, 5.41) is 13.5. The smallest absolute Gasteiger partial charge is 0.274 e. The number of rotatable bonds is 4. The highest BCUT2D eigenvalue weighted by molar-refractivity contribution is 6.05. The first-order valence-electron chi connectivity index (χ1n) is 8.49. The Hall–Kier alpha value is -3.23. The summed E-state index contributed by atoms with van der Waals surface area (Å²) < 4.78 is 1.50. The quantitative estimate of drug-likeness (QED) is 0.643. The van der Waals surface area contributed by atoms with E-state index >= 15 is 0 Å². The highest BCUT2D eigenvalue weighted by Crippen LogP contribution is 2.16. The van der Waals surface area contributed by atoms with Crippen molar-refractivity contribution in [1.82, 2.24) is 35.6 Å². The predicted octanol–water partition coefficient (Wildman–Crippen LogP) is 0.852. The first kappa shape index (κ1) is 16.2. The molecule has 1 aromatic carbocycles. The fourth-order valence-corrected chi connectivity index (χ4v) is 3.00. The molecular formula is C17H19N7O2. The second-order valence-electron chi connectivity index (χ2n) is 6.68. The van der Waals surface area contributed by atoms with Crippen molar-refractivity contribution in [3.05, 3.63) is 41.5 Å². The van der Waals surface area contributed by atoms with E-state index in [2.05, 4.69) is 30.9 Å². The highest BCUT2D eigenvalue weighted by Gasteiger charge is 2.32. The van der Waals surface area contributed by atoms with Crippen LogP contribution in [0.5, 0.6) is 0 Å². The molecule has 0 saturated carbocycles. The Kier molecular flexibility index (Phi) is 3.90. The highest BCUT2D eigenvalue weighted by atomic mass is 16.2. The van der Waals surface area contributed by atoms with Gasteiger partial charge in [-0.15, -0.1) is 5.10 Å². The topological polar surface area (TPSA) is 118 Å². The maximum atomic E-state index is 12.5. The third kappa shape index (κ3) is 2.81. The Morgan fingerprint density at radius 1 is 1.38 bits per heavy atom. The lowest BCUT2D eigenvalue weighted by atomic mass is 10.0. The van der Waals surface area contributed by atoms with Crippen molar-refractivity contribution in [2.24, 2.45) is 5.92 Å². The van der Waals surface area contributed by atoms with Crippen LogP contribution < -0.4 is 10.6 Å². The first-order valence-corrected chi connectivity index (χ1v) is 8.49. The molecule has 3 N–H and O–H groups in total. The van der Waals surface area contributed by atoms with E-state index in [-0.39, 0.29) is 35.8 Å². The van der Waals surface area contributed by atoms with Gasteiger partial charge >= 0.3 is 0 Å². The molecule has 2 amide bonds. The van der Waals surface area contributed by atoms with Gasteiger partial charge in [0.1, 0.15) is 5.82 Å². The standard InChI is InChI=1S/C17H19N7O2/c1-9(2)12-8-24-15(17(26)21-12)14(22-23-24)16(25)18-7-13-19-10-5-3-4-6-11(10)20-13/h3-6,9,12H,7-8H2,1-2H3,(H,18,25)(H,19,20)(H,21,26)/t12-/m1/s1. The van der Waals surface area contributed by atoms with Gasteiger partial charge in [-0.05, 0) is 18.1 Å². The van der Waals surface area contributed by atoms with E-state index in [0.717, 1.165) is 11.0 Å². The minimum atomic E-state index is -0.454. The van der Waals surface area contributed by atoms with Crippen molar-refractivity contribution in [1.29, 1.82) is 0 Å². The summed E-state index contributed by atoms with van der Waals surface area (Å²) in [7, 11) is 0. The fraction of sp³-hybridized carbons (Fsp3) is 0.353. The first-order chi connectivity index (χ1) is 12.5. The predicted molar refractivity (Wildman–Crippen MR) is 93.4 cm³/mol. The van der Waals surface area contributed by atoms with Crippen molar-refractivity contribution >= 4 is 22.8 Å². The van der Waals surface area contributed by atoms with E-state index in [4.69, 9.17) is 0 Å². The van der Waals surface area contributed by atoms with Gasteiger partial charge in [0.05, 0.1) is 30.2 Å². The maximum absolute atomic E-state index is 12.5. The van der Waals surface area contributed by atoms with Gasteiger partial charge in [0.2, 0.25) is 0 Å². The third-order valence-electron chi connectivity index (χ3n) is 4.51. The Morgan fingerprint density at radius 3 is 2.96 bits per heavy atom. The Morgan fingerprint density at radius 2 is 2.19 bits per heavy atom. The van der Waals surface area contributed by atoms with E-state index in [1.165, 1.54) is 4.68 Å². The zero-order chi connectivity index (χ0) is 18.3. The molecule has 0 spiro atoms. The largest absolute Gasteiger partial charge is 0.346 e. The number of amides is 2. The van der Waals surface area contributed by atoms with Crippen molar-refractivity contribution in [2.45, 2.75) is 33.0 Å². The SMILES string of the molecule is CC(C)[C@H]1Cn2nnc(C(=O)NCc3nc4ccccc4[nH]3)c2C(=O)N1. The molecular weight excluding hydrogens is 334 g/mol. The molecule has 134 valence electrons. The van der Waals surface area contributed by atoms with Crippen molar-refractivity contribution in [3.63, 3.8) is 0 Å². The van der Waals surface area contributed by atoms with Crippen LogP contribution >= 0.6 is 0 Å². The molecule has 1 atom stereocenters. The molecule has 2 aromatic heterocycles. The Balaban J connectivity index is 1.50. The van der Waals surface area contributed by atoms with E-state index in [1.807, 2.05) is 38.1 Å². The second kappa shape index (κ2) is 6.25. The van der Waals surface area contributed by atoms with Gasteiger partial charge in [-0.1, -0.05) is 31.2 Å². The molecule has 26 heavy (non-hydrogen) atoms. The van der Waals surface area contributed by atoms with E-state index < -0.39 is 5.91 Å². The number of nitrogens with zero attached hydrogens (tertiary/aromatic N) is 4. The number of nitrogens with one attached hydrogen (secondary N) is 3. The summed E-state index contributed by atoms with van der Waals surface area (Å²) in [6, 6.07) is 7.59. The fourth-order valence-electron chi connectivity index (χ4n) is 3.00.